The molecule has 4 rings (SSSR count). The van der Waals surface area contributed by atoms with Gasteiger partial charge in [0.15, 0.2) is 11.6 Å². The fourth-order valence-corrected chi connectivity index (χ4v) is 3.58. The number of aryl methyl sites for hydroxylation is 2. The normalized spacial score (nSPS) is 14.7. The fourth-order valence-electron chi connectivity index (χ4n) is 3.58. The van der Waals surface area contributed by atoms with E-state index in [1.165, 1.54) is 12.1 Å². The number of nitrogens with zero attached hydrogens (tertiary/aromatic N) is 6. The van der Waals surface area contributed by atoms with Crippen molar-refractivity contribution >= 4 is 11.7 Å². The molecule has 0 radical (unpaired) electrons. The van der Waals surface area contributed by atoms with Crippen molar-refractivity contribution in [3.05, 3.63) is 65.0 Å². The van der Waals surface area contributed by atoms with Crippen molar-refractivity contribution < 1.29 is 18.0 Å². The van der Waals surface area contributed by atoms with Crippen LogP contribution >= 0.6 is 0 Å². The Labute approximate surface area is 177 Å². The van der Waals surface area contributed by atoms with Crippen LogP contribution in [0.25, 0.3) is 5.82 Å². The summed E-state index contributed by atoms with van der Waals surface area (Å²) in [6.07, 6.45) is -4.42. The highest BCUT2D eigenvalue weighted by Crippen LogP contribution is 2.29. The summed E-state index contributed by atoms with van der Waals surface area (Å²) < 4.78 is 39.8. The molecule has 0 saturated carbocycles. The molecule has 1 aromatic carbocycles. The smallest absolute Gasteiger partial charge is 0.352 e. The van der Waals surface area contributed by atoms with Gasteiger partial charge < -0.3 is 9.80 Å². The molecule has 3 aromatic rings. The summed E-state index contributed by atoms with van der Waals surface area (Å²) in [6.45, 7) is 5.86. The molecule has 0 atom stereocenters. The first-order chi connectivity index (χ1) is 14.7. The molecule has 0 spiro atoms. The van der Waals surface area contributed by atoms with Gasteiger partial charge >= 0.3 is 6.18 Å². The lowest BCUT2D eigenvalue weighted by Gasteiger charge is -2.35. The van der Waals surface area contributed by atoms with Crippen molar-refractivity contribution in [1.29, 1.82) is 0 Å². The van der Waals surface area contributed by atoms with Crippen molar-refractivity contribution in [3.8, 4) is 5.82 Å². The van der Waals surface area contributed by atoms with Crippen molar-refractivity contribution in [1.82, 2.24) is 24.9 Å². The van der Waals surface area contributed by atoms with Gasteiger partial charge in [0.1, 0.15) is 0 Å². The summed E-state index contributed by atoms with van der Waals surface area (Å²) in [4.78, 5) is 16.3. The molecule has 0 bridgehead atoms. The van der Waals surface area contributed by atoms with E-state index in [0.29, 0.717) is 37.8 Å². The molecule has 0 N–H and O–H groups in total. The topological polar surface area (TPSA) is 67.2 Å². The second kappa shape index (κ2) is 8.01. The molecule has 0 unspecified atom stereocenters. The lowest BCUT2D eigenvalue weighted by atomic mass is 10.1. The number of hydrogen-bond donors (Lipinski definition) is 0. The van der Waals surface area contributed by atoms with Gasteiger partial charge in [0.25, 0.3) is 5.91 Å². The molecule has 1 aliphatic rings. The average Bonchev–Trinajstić information content (AvgIpc) is 3.11. The summed E-state index contributed by atoms with van der Waals surface area (Å²) in [6, 6.07) is 9.99. The van der Waals surface area contributed by atoms with E-state index in [2.05, 4.69) is 15.3 Å². The van der Waals surface area contributed by atoms with E-state index in [-0.39, 0.29) is 11.5 Å². The maximum Gasteiger partial charge on any atom is 0.416 e. The number of anilines is 1. The van der Waals surface area contributed by atoms with Crippen LogP contribution in [0, 0.1) is 13.8 Å². The quantitative estimate of drug-likeness (QED) is 0.638. The van der Waals surface area contributed by atoms with Crippen molar-refractivity contribution in [3.63, 3.8) is 0 Å². The minimum absolute atomic E-state index is 0.246. The minimum atomic E-state index is -4.42. The molecule has 2 aromatic heterocycles. The highest BCUT2D eigenvalue weighted by atomic mass is 19.4. The molecule has 1 aliphatic heterocycles. The summed E-state index contributed by atoms with van der Waals surface area (Å²) in [7, 11) is 0. The predicted molar refractivity (Wildman–Crippen MR) is 108 cm³/mol. The number of piperazine rings is 1. The van der Waals surface area contributed by atoms with E-state index in [1.54, 1.807) is 9.58 Å². The van der Waals surface area contributed by atoms with Crippen LogP contribution in [-0.2, 0) is 6.18 Å². The number of amides is 1. The zero-order valence-electron chi connectivity index (χ0n) is 17.1. The van der Waals surface area contributed by atoms with Gasteiger partial charge in [0.2, 0.25) is 0 Å². The first kappa shape index (κ1) is 20.8. The maximum atomic E-state index is 12.7. The van der Waals surface area contributed by atoms with Gasteiger partial charge in [-0.05, 0) is 56.3 Å². The summed E-state index contributed by atoms with van der Waals surface area (Å²) in [5.41, 5.74) is 1.35. The standard InChI is InChI=1S/C21H21F3N6O/c1-14-13-15(2)30(27-14)19-8-7-18(25-26-19)28-9-11-29(12-10-28)20(31)16-3-5-17(6-4-16)21(22,23)24/h3-8,13H,9-12H2,1-2H3. The van der Waals surface area contributed by atoms with Crippen LogP contribution < -0.4 is 4.90 Å². The van der Waals surface area contributed by atoms with Crippen molar-refractivity contribution in [2.75, 3.05) is 31.1 Å². The van der Waals surface area contributed by atoms with Crippen LogP contribution in [0.15, 0.2) is 42.5 Å². The molecule has 10 heteroatoms. The van der Waals surface area contributed by atoms with Crippen LogP contribution in [0.4, 0.5) is 19.0 Å². The van der Waals surface area contributed by atoms with E-state index in [9.17, 15) is 18.0 Å². The van der Waals surface area contributed by atoms with Gasteiger partial charge in [-0.2, -0.15) is 18.3 Å². The number of hydrogen-bond acceptors (Lipinski definition) is 5. The third-order valence-corrected chi connectivity index (χ3v) is 5.21. The number of halogens is 3. The first-order valence-electron chi connectivity index (χ1n) is 9.81. The summed E-state index contributed by atoms with van der Waals surface area (Å²) in [5.74, 6) is 1.05. The van der Waals surface area contributed by atoms with Gasteiger partial charge in [-0.3, -0.25) is 4.79 Å². The van der Waals surface area contributed by atoms with E-state index < -0.39 is 11.7 Å². The van der Waals surface area contributed by atoms with Crippen molar-refractivity contribution in [2.45, 2.75) is 20.0 Å². The average molecular weight is 430 g/mol. The van der Waals surface area contributed by atoms with Gasteiger partial charge in [-0.15, -0.1) is 10.2 Å². The first-order valence-corrected chi connectivity index (χ1v) is 9.81. The SMILES string of the molecule is Cc1cc(C)n(-c2ccc(N3CCN(C(=O)c4ccc(C(F)(F)F)cc4)CC3)nn2)n1. The second-order valence-electron chi connectivity index (χ2n) is 7.44. The van der Waals surface area contributed by atoms with Gasteiger partial charge in [0, 0.05) is 37.4 Å². The summed E-state index contributed by atoms with van der Waals surface area (Å²) in [5, 5.41) is 13.0. The Morgan fingerprint density at radius 1 is 0.903 bits per heavy atom. The summed E-state index contributed by atoms with van der Waals surface area (Å²) >= 11 is 0. The Bertz CT molecular complexity index is 1070. The number of alkyl halides is 3. The molecule has 0 aliphatic carbocycles. The number of benzene rings is 1. The lowest BCUT2D eigenvalue weighted by molar-refractivity contribution is -0.137. The zero-order valence-corrected chi connectivity index (χ0v) is 17.1. The minimum Gasteiger partial charge on any atom is -0.352 e. The van der Waals surface area contributed by atoms with Crippen LogP contribution in [0.3, 0.4) is 0 Å². The number of carbonyl (C=O) groups is 1. The molecular formula is C21H21F3N6O. The van der Waals surface area contributed by atoms with Gasteiger partial charge in [-0.1, -0.05) is 0 Å². The fraction of sp³-hybridized carbons (Fsp3) is 0.333. The third kappa shape index (κ3) is 4.37. The monoisotopic (exact) mass is 430 g/mol. The molecule has 31 heavy (non-hydrogen) atoms. The molecule has 3 heterocycles. The molecule has 7 nitrogen and oxygen atoms in total. The Kier molecular flexibility index (Phi) is 5.38. The molecule has 1 amide bonds. The lowest BCUT2D eigenvalue weighted by Crippen LogP contribution is -2.49. The molecule has 1 fully saturated rings. The Balaban J connectivity index is 1.38. The van der Waals surface area contributed by atoms with E-state index in [4.69, 9.17) is 0 Å². The Hall–Kier alpha value is -3.43. The van der Waals surface area contributed by atoms with Crippen LogP contribution in [0.2, 0.25) is 0 Å². The molecule has 162 valence electrons. The largest absolute Gasteiger partial charge is 0.416 e. The van der Waals surface area contributed by atoms with Crippen LogP contribution in [0.5, 0.6) is 0 Å². The van der Waals surface area contributed by atoms with E-state index in [0.717, 1.165) is 23.5 Å². The van der Waals surface area contributed by atoms with E-state index >= 15 is 0 Å². The number of aromatic nitrogens is 4. The van der Waals surface area contributed by atoms with E-state index in [1.807, 2.05) is 36.9 Å². The second-order valence-corrected chi connectivity index (χ2v) is 7.44. The number of carbonyl (C=O) groups excluding carboxylic acids is 1. The van der Waals surface area contributed by atoms with Crippen LogP contribution in [0.1, 0.15) is 27.3 Å². The highest BCUT2D eigenvalue weighted by Gasteiger charge is 2.31. The van der Waals surface area contributed by atoms with Crippen LogP contribution in [-0.4, -0.2) is 57.0 Å². The molecular weight excluding hydrogens is 409 g/mol. The van der Waals surface area contributed by atoms with Crippen molar-refractivity contribution in [2.24, 2.45) is 0 Å². The Morgan fingerprint density at radius 3 is 2.03 bits per heavy atom. The maximum absolute atomic E-state index is 12.7. The van der Waals surface area contributed by atoms with Gasteiger partial charge in [0.05, 0.1) is 11.3 Å². The third-order valence-electron chi connectivity index (χ3n) is 5.21. The Morgan fingerprint density at radius 2 is 1.52 bits per heavy atom. The molecule has 1 saturated heterocycles. The number of rotatable bonds is 3. The predicted octanol–water partition coefficient (Wildman–Crippen LogP) is 3.26. The highest BCUT2D eigenvalue weighted by molar-refractivity contribution is 5.94. The zero-order chi connectivity index (χ0) is 22.2. The van der Waals surface area contributed by atoms with Gasteiger partial charge in [-0.25, -0.2) is 4.68 Å².